The first-order chi connectivity index (χ1) is 7.81. The normalized spacial score (nSPS) is 10.4. The van der Waals surface area contributed by atoms with Gasteiger partial charge in [-0.2, -0.15) is 0 Å². The predicted octanol–water partition coefficient (Wildman–Crippen LogP) is 1.27. The summed E-state index contributed by atoms with van der Waals surface area (Å²) >= 11 is 0. The molecule has 1 aromatic rings. The molecule has 0 amide bonds. The van der Waals surface area contributed by atoms with E-state index in [1.54, 1.807) is 7.11 Å². The lowest BCUT2D eigenvalue weighted by Crippen LogP contribution is -2.27. The Hall–Kier alpha value is -1.13. The Labute approximate surface area is 97.6 Å². The Morgan fingerprint density at radius 3 is 2.94 bits per heavy atom. The highest BCUT2D eigenvalue weighted by molar-refractivity contribution is 5.40. The second-order valence-electron chi connectivity index (χ2n) is 3.63. The maximum atomic E-state index is 5.09. The van der Waals surface area contributed by atoms with Crippen LogP contribution in [0.4, 0.5) is 5.82 Å². The lowest BCUT2D eigenvalue weighted by Gasteiger charge is -2.21. The van der Waals surface area contributed by atoms with Crippen molar-refractivity contribution in [2.24, 2.45) is 0 Å². The first kappa shape index (κ1) is 12.9. The van der Waals surface area contributed by atoms with Crippen molar-refractivity contribution in [3.8, 4) is 0 Å². The zero-order chi connectivity index (χ0) is 11.8. The van der Waals surface area contributed by atoms with Gasteiger partial charge in [0.1, 0.15) is 5.82 Å². The van der Waals surface area contributed by atoms with Gasteiger partial charge in [0.25, 0.3) is 0 Å². The summed E-state index contributed by atoms with van der Waals surface area (Å²) in [5, 5.41) is 3.14. The Morgan fingerprint density at radius 2 is 2.31 bits per heavy atom. The van der Waals surface area contributed by atoms with Crippen LogP contribution in [0.1, 0.15) is 12.5 Å². The molecule has 0 spiro atoms. The molecule has 0 aromatic carbocycles. The monoisotopic (exact) mass is 223 g/mol. The Bertz CT molecular complexity index is 304. The molecule has 0 bridgehead atoms. The molecule has 4 nitrogen and oxygen atoms in total. The summed E-state index contributed by atoms with van der Waals surface area (Å²) in [6, 6.07) is 4.15. The van der Waals surface area contributed by atoms with E-state index in [4.69, 9.17) is 4.74 Å². The number of ether oxygens (including phenoxy) is 1. The highest BCUT2D eigenvalue weighted by Crippen LogP contribution is 2.12. The second kappa shape index (κ2) is 7.19. The van der Waals surface area contributed by atoms with Gasteiger partial charge in [-0.05, 0) is 31.7 Å². The van der Waals surface area contributed by atoms with Crippen molar-refractivity contribution in [2.75, 3.05) is 38.8 Å². The highest BCUT2D eigenvalue weighted by Gasteiger charge is 2.05. The molecule has 0 fully saturated rings. The minimum Gasteiger partial charge on any atom is -0.383 e. The van der Waals surface area contributed by atoms with Crippen molar-refractivity contribution in [3.05, 3.63) is 23.9 Å². The van der Waals surface area contributed by atoms with E-state index in [0.717, 1.165) is 32.1 Å². The minimum atomic E-state index is 0.728. The molecule has 1 N–H and O–H groups in total. The zero-order valence-corrected chi connectivity index (χ0v) is 10.4. The fourth-order valence-electron chi connectivity index (χ4n) is 1.58. The van der Waals surface area contributed by atoms with Crippen LogP contribution >= 0.6 is 0 Å². The van der Waals surface area contributed by atoms with Crippen LogP contribution < -0.4 is 10.2 Å². The van der Waals surface area contributed by atoms with Crippen LogP contribution in [0.15, 0.2) is 18.3 Å². The summed E-state index contributed by atoms with van der Waals surface area (Å²) in [5.41, 5.74) is 1.25. The molecule has 0 unspecified atom stereocenters. The average Bonchev–Trinajstić information content (AvgIpc) is 2.31. The molecule has 90 valence electrons. The fourth-order valence-corrected chi connectivity index (χ4v) is 1.58. The van der Waals surface area contributed by atoms with Crippen molar-refractivity contribution in [3.63, 3.8) is 0 Å². The molecule has 0 saturated heterocycles. The van der Waals surface area contributed by atoms with Crippen LogP contribution in [0, 0.1) is 0 Å². The van der Waals surface area contributed by atoms with Gasteiger partial charge < -0.3 is 15.0 Å². The lowest BCUT2D eigenvalue weighted by molar-refractivity contribution is 0.205. The van der Waals surface area contributed by atoms with E-state index in [1.807, 2.05) is 19.3 Å². The Morgan fingerprint density at radius 1 is 1.50 bits per heavy atom. The number of nitrogens with one attached hydrogen (secondary N) is 1. The summed E-state index contributed by atoms with van der Waals surface area (Å²) in [4.78, 5) is 6.60. The molecule has 1 aromatic heterocycles. The maximum Gasteiger partial charge on any atom is 0.128 e. The van der Waals surface area contributed by atoms with Gasteiger partial charge in [-0.15, -0.1) is 0 Å². The number of nitrogens with zero attached hydrogens (tertiary/aromatic N) is 2. The predicted molar refractivity (Wildman–Crippen MR) is 66.8 cm³/mol. The van der Waals surface area contributed by atoms with Crippen LogP contribution in [-0.4, -0.2) is 38.8 Å². The van der Waals surface area contributed by atoms with Gasteiger partial charge >= 0.3 is 0 Å². The van der Waals surface area contributed by atoms with Crippen LogP contribution in [0.2, 0.25) is 0 Å². The van der Waals surface area contributed by atoms with E-state index in [-0.39, 0.29) is 0 Å². The quantitative estimate of drug-likeness (QED) is 0.755. The number of hydrogen-bond donors (Lipinski definition) is 1. The summed E-state index contributed by atoms with van der Waals surface area (Å²) in [5.74, 6) is 1.02. The van der Waals surface area contributed by atoms with Crippen molar-refractivity contribution >= 4 is 5.82 Å². The highest BCUT2D eigenvalue weighted by atomic mass is 16.5. The standard InChI is InChI=1S/C12H21N3O/c1-4-15(7-8-16-3)12-9-11(10-13-2)5-6-14-12/h5-6,9,13H,4,7-8,10H2,1-3H3. The third kappa shape index (κ3) is 3.79. The van der Waals surface area contributed by atoms with E-state index in [9.17, 15) is 0 Å². The van der Waals surface area contributed by atoms with Gasteiger partial charge in [0.2, 0.25) is 0 Å². The zero-order valence-electron chi connectivity index (χ0n) is 10.4. The summed E-state index contributed by atoms with van der Waals surface area (Å²) in [6.07, 6.45) is 1.86. The van der Waals surface area contributed by atoms with Gasteiger partial charge in [0, 0.05) is 32.9 Å². The lowest BCUT2D eigenvalue weighted by atomic mass is 10.2. The summed E-state index contributed by atoms with van der Waals surface area (Å²) in [7, 11) is 3.67. The van der Waals surface area contributed by atoms with E-state index in [0.29, 0.717) is 0 Å². The molecule has 1 heterocycles. The number of methoxy groups -OCH3 is 1. The maximum absolute atomic E-state index is 5.09. The summed E-state index contributed by atoms with van der Waals surface area (Å²) < 4.78 is 5.09. The molecular formula is C12H21N3O. The third-order valence-corrected chi connectivity index (χ3v) is 2.46. The second-order valence-corrected chi connectivity index (χ2v) is 3.63. The fraction of sp³-hybridized carbons (Fsp3) is 0.583. The van der Waals surface area contributed by atoms with Crippen LogP contribution in [0.3, 0.4) is 0 Å². The molecule has 0 aliphatic heterocycles. The third-order valence-electron chi connectivity index (χ3n) is 2.46. The van der Waals surface area contributed by atoms with Crippen molar-refractivity contribution in [1.82, 2.24) is 10.3 Å². The van der Waals surface area contributed by atoms with E-state index < -0.39 is 0 Å². The van der Waals surface area contributed by atoms with Crippen molar-refractivity contribution in [1.29, 1.82) is 0 Å². The molecular weight excluding hydrogens is 202 g/mol. The topological polar surface area (TPSA) is 37.4 Å². The molecule has 0 aliphatic rings. The number of aromatic nitrogens is 1. The number of pyridine rings is 1. The smallest absolute Gasteiger partial charge is 0.128 e. The van der Waals surface area contributed by atoms with Crippen LogP contribution in [0.5, 0.6) is 0 Å². The molecule has 16 heavy (non-hydrogen) atoms. The van der Waals surface area contributed by atoms with Crippen molar-refractivity contribution < 1.29 is 4.74 Å². The average molecular weight is 223 g/mol. The van der Waals surface area contributed by atoms with Gasteiger partial charge in [-0.3, -0.25) is 0 Å². The van der Waals surface area contributed by atoms with Crippen LogP contribution in [-0.2, 0) is 11.3 Å². The summed E-state index contributed by atoms with van der Waals surface area (Å²) in [6.45, 7) is 5.55. The Kier molecular flexibility index (Phi) is 5.82. The minimum absolute atomic E-state index is 0.728. The largest absolute Gasteiger partial charge is 0.383 e. The van der Waals surface area contributed by atoms with E-state index in [1.165, 1.54) is 5.56 Å². The van der Waals surface area contributed by atoms with Gasteiger partial charge in [-0.25, -0.2) is 4.98 Å². The SMILES string of the molecule is CCN(CCOC)c1cc(CNC)ccn1. The first-order valence-electron chi connectivity index (χ1n) is 5.65. The first-order valence-corrected chi connectivity index (χ1v) is 5.65. The van der Waals surface area contributed by atoms with E-state index in [2.05, 4.69) is 28.2 Å². The molecule has 4 heteroatoms. The molecule has 1 rings (SSSR count). The van der Waals surface area contributed by atoms with Crippen molar-refractivity contribution in [2.45, 2.75) is 13.5 Å². The number of rotatable bonds is 7. The van der Waals surface area contributed by atoms with Gasteiger partial charge in [-0.1, -0.05) is 0 Å². The van der Waals surface area contributed by atoms with Gasteiger partial charge in [0.15, 0.2) is 0 Å². The molecule has 0 radical (unpaired) electrons. The Balaban J connectivity index is 2.71. The number of hydrogen-bond acceptors (Lipinski definition) is 4. The number of anilines is 1. The molecule has 0 saturated carbocycles. The van der Waals surface area contributed by atoms with Crippen LogP contribution in [0.25, 0.3) is 0 Å². The van der Waals surface area contributed by atoms with E-state index >= 15 is 0 Å². The molecule has 0 aliphatic carbocycles. The number of likely N-dealkylation sites (N-methyl/N-ethyl adjacent to an activating group) is 1. The molecule has 0 atom stereocenters. The van der Waals surface area contributed by atoms with Gasteiger partial charge in [0.05, 0.1) is 6.61 Å².